The van der Waals surface area contributed by atoms with Gasteiger partial charge in [0.2, 0.25) is 0 Å². The first kappa shape index (κ1) is 12.5. The minimum Gasteiger partial charge on any atom is -0.376 e. The van der Waals surface area contributed by atoms with Gasteiger partial charge in [-0.15, -0.1) is 0 Å². The largest absolute Gasteiger partial charge is 0.376 e. The molecule has 4 nitrogen and oxygen atoms in total. The lowest BCUT2D eigenvalue weighted by Gasteiger charge is -2.37. The normalized spacial score (nSPS) is 23.5. The second-order valence-electron chi connectivity index (χ2n) is 4.43. The van der Waals surface area contributed by atoms with Crippen LogP contribution in [0.15, 0.2) is 24.5 Å². The van der Waals surface area contributed by atoms with E-state index in [1.54, 1.807) is 0 Å². The van der Waals surface area contributed by atoms with E-state index in [9.17, 15) is 0 Å². The molecule has 17 heavy (non-hydrogen) atoms. The molecule has 1 aliphatic heterocycles. The fourth-order valence-electron chi connectivity index (χ4n) is 2.35. The summed E-state index contributed by atoms with van der Waals surface area (Å²) in [7, 11) is 0. The van der Waals surface area contributed by atoms with E-state index in [4.69, 9.17) is 10.5 Å². The predicted molar refractivity (Wildman–Crippen MR) is 67.6 cm³/mol. The number of hydrogen-bond acceptors (Lipinski definition) is 4. The van der Waals surface area contributed by atoms with Crippen LogP contribution in [-0.4, -0.2) is 42.2 Å². The van der Waals surface area contributed by atoms with Crippen LogP contribution in [-0.2, 0) is 4.74 Å². The Hall–Kier alpha value is -0.970. The van der Waals surface area contributed by atoms with Gasteiger partial charge in [-0.2, -0.15) is 0 Å². The van der Waals surface area contributed by atoms with Crippen molar-refractivity contribution in [2.24, 2.45) is 5.73 Å². The zero-order valence-electron chi connectivity index (χ0n) is 10.4. The molecule has 1 aliphatic rings. The van der Waals surface area contributed by atoms with Crippen molar-refractivity contribution < 1.29 is 4.74 Å². The van der Waals surface area contributed by atoms with Crippen LogP contribution >= 0.6 is 0 Å². The highest BCUT2D eigenvalue weighted by molar-refractivity contribution is 5.15. The quantitative estimate of drug-likeness (QED) is 0.852. The molecule has 2 unspecified atom stereocenters. The third-order valence-corrected chi connectivity index (χ3v) is 3.38. The maximum atomic E-state index is 5.92. The van der Waals surface area contributed by atoms with Gasteiger partial charge in [0.05, 0.1) is 12.7 Å². The standard InChI is InChI=1S/C13H21N3O/c1-2-12-10-16(7-8-17-12)13(9-14)11-3-5-15-6-4-11/h3-6,12-13H,2,7-10,14H2,1H3. The van der Waals surface area contributed by atoms with Gasteiger partial charge in [-0.3, -0.25) is 9.88 Å². The summed E-state index contributed by atoms with van der Waals surface area (Å²) in [6, 6.07) is 4.39. The van der Waals surface area contributed by atoms with Crippen molar-refractivity contribution in [3.63, 3.8) is 0 Å². The minimum atomic E-state index is 0.288. The SMILES string of the molecule is CCC1CN(C(CN)c2ccncc2)CCO1. The van der Waals surface area contributed by atoms with Gasteiger partial charge in [-0.1, -0.05) is 6.92 Å². The summed E-state index contributed by atoms with van der Waals surface area (Å²) in [4.78, 5) is 6.48. The average Bonchev–Trinajstić information content (AvgIpc) is 2.41. The first-order valence-corrected chi connectivity index (χ1v) is 6.30. The van der Waals surface area contributed by atoms with Crippen molar-refractivity contribution in [2.45, 2.75) is 25.5 Å². The van der Waals surface area contributed by atoms with E-state index in [-0.39, 0.29) is 6.04 Å². The Morgan fingerprint density at radius 3 is 2.94 bits per heavy atom. The predicted octanol–water partition coefficient (Wildman–Crippen LogP) is 1.19. The summed E-state index contributed by atoms with van der Waals surface area (Å²) in [6.07, 6.45) is 5.06. The van der Waals surface area contributed by atoms with Crippen molar-refractivity contribution in [3.05, 3.63) is 30.1 Å². The van der Waals surface area contributed by atoms with E-state index in [1.807, 2.05) is 24.5 Å². The molecule has 0 radical (unpaired) electrons. The van der Waals surface area contributed by atoms with Crippen molar-refractivity contribution in [3.8, 4) is 0 Å². The summed E-state index contributed by atoms with van der Waals surface area (Å²) in [5.74, 6) is 0. The fourth-order valence-corrected chi connectivity index (χ4v) is 2.35. The Morgan fingerprint density at radius 1 is 1.53 bits per heavy atom. The summed E-state index contributed by atoms with van der Waals surface area (Å²) < 4.78 is 5.69. The molecule has 0 saturated carbocycles. The van der Waals surface area contributed by atoms with E-state index in [0.29, 0.717) is 12.6 Å². The molecule has 4 heteroatoms. The molecule has 1 saturated heterocycles. The Labute approximate surface area is 103 Å². The molecular weight excluding hydrogens is 214 g/mol. The Kier molecular flexibility index (Phi) is 4.48. The molecular formula is C13H21N3O. The zero-order valence-corrected chi connectivity index (χ0v) is 10.4. The molecule has 2 rings (SSSR count). The van der Waals surface area contributed by atoms with Crippen molar-refractivity contribution in [1.29, 1.82) is 0 Å². The van der Waals surface area contributed by atoms with Crippen LogP contribution in [0.2, 0.25) is 0 Å². The highest BCUT2D eigenvalue weighted by Crippen LogP contribution is 2.22. The first-order valence-electron chi connectivity index (χ1n) is 6.30. The summed E-state index contributed by atoms with van der Waals surface area (Å²) in [5, 5.41) is 0. The molecule has 2 atom stereocenters. The third kappa shape index (κ3) is 3.03. The summed E-state index contributed by atoms with van der Waals surface area (Å²) in [6.45, 7) is 5.54. The summed E-state index contributed by atoms with van der Waals surface area (Å²) >= 11 is 0. The molecule has 0 aromatic carbocycles. The number of hydrogen-bond donors (Lipinski definition) is 1. The monoisotopic (exact) mass is 235 g/mol. The van der Waals surface area contributed by atoms with Gasteiger partial charge in [0, 0.05) is 38.1 Å². The maximum absolute atomic E-state index is 5.92. The first-order chi connectivity index (χ1) is 8.35. The highest BCUT2D eigenvalue weighted by Gasteiger charge is 2.25. The number of pyridine rings is 1. The van der Waals surface area contributed by atoms with Gasteiger partial charge < -0.3 is 10.5 Å². The smallest absolute Gasteiger partial charge is 0.0700 e. The number of aromatic nitrogens is 1. The second-order valence-corrected chi connectivity index (χ2v) is 4.43. The summed E-state index contributed by atoms with van der Waals surface area (Å²) in [5.41, 5.74) is 7.17. The van der Waals surface area contributed by atoms with Crippen LogP contribution in [0.3, 0.4) is 0 Å². The maximum Gasteiger partial charge on any atom is 0.0700 e. The third-order valence-electron chi connectivity index (χ3n) is 3.38. The van der Waals surface area contributed by atoms with Crippen LogP contribution in [0.1, 0.15) is 24.9 Å². The lowest BCUT2D eigenvalue weighted by atomic mass is 10.1. The molecule has 0 amide bonds. The van der Waals surface area contributed by atoms with Crippen molar-refractivity contribution >= 4 is 0 Å². The van der Waals surface area contributed by atoms with E-state index in [1.165, 1.54) is 5.56 Å². The van der Waals surface area contributed by atoms with Gasteiger partial charge in [-0.05, 0) is 24.1 Å². The van der Waals surface area contributed by atoms with Gasteiger partial charge >= 0.3 is 0 Å². The van der Waals surface area contributed by atoms with E-state index in [0.717, 1.165) is 26.1 Å². The molecule has 0 aliphatic carbocycles. The number of ether oxygens (including phenoxy) is 1. The van der Waals surface area contributed by atoms with Crippen LogP contribution in [0.4, 0.5) is 0 Å². The fraction of sp³-hybridized carbons (Fsp3) is 0.615. The minimum absolute atomic E-state index is 0.288. The van der Waals surface area contributed by atoms with E-state index >= 15 is 0 Å². The average molecular weight is 235 g/mol. The molecule has 1 aromatic heterocycles. The van der Waals surface area contributed by atoms with Gasteiger partial charge in [0.15, 0.2) is 0 Å². The molecule has 0 spiro atoms. The van der Waals surface area contributed by atoms with Crippen LogP contribution in [0.25, 0.3) is 0 Å². The van der Waals surface area contributed by atoms with E-state index < -0.39 is 0 Å². The molecule has 1 aromatic rings. The lowest BCUT2D eigenvalue weighted by molar-refractivity contribution is -0.0437. The Bertz CT molecular complexity index is 331. The van der Waals surface area contributed by atoms with Crippen LogP contribution < -0.4 is 5.73 Å². The van der Waals surface area contributed by atoms with E-state index in [2.05, 4.69) is 16.8 Å². The Balaban J connectivity index is 2.08. The van der Waals surface area contributed by atoms with Crippen molar-refractivity contribution in [1.82, 2.24) is 9.88 Å². The number of rotatable bonds is 4. The number of morpholine rings is 1. The molecule has 1 fully saturated rings. The van der Waals surface area contributed by atoms with Crippen LogP contribution in [0, 0.1) is 0 Å². The van der Waals surface area contributed by atoms with Gasteiger partial charge in [-0.25, -0.2) is 0 Å². The topological polar surface area (TPSA) is 51.4 Å². The lowest BCUT2D eigenvalue weighted by Crippen LogP contribution is -2.46. The van der Waals surface area contributed by atoms with Gasteiger partial charge in [0.25, 0.3) is 0 Å². The zero-order chi connectivity index (χ0) is 12.1. The Morgan fingerprint density at radius 2 is 2.29 bits per heavy atom. The molecule has 2 heterocycles. The van der Waals surface area contributed by atoms with Crippen molar-refractivity contribution in [2.75, 3.05) is 26.2 Å². The molecule has 94 valence electrons. The number of nitrogens with zero attached hydrogens (tertiary/aromatic N) is 2. The van der Waals surface area contributed by atoms with Gasteiger partial charge in [0.1, 0.15) is 0 Å². The highest BCUT2D eigenvalue weighted by atomic mass is 16.5. The number of nitrogens with two attached hydrogens (primary N) is 1. The molecule has 0 bridgehead atoms. The second kappa shape index (κ2) is 6.10. The molecule has 2 N–H and O–H groups in total. The van der Waals surface area contributed by atoms with Crippen LogP contribution in [0.5, 0.6) is 0 Å².